The summed E-state index contributed by atoms with van der Waals surface area (Å²) in [6.07, 6.45) is 0. The van der Waals surface area contributed by atoms with Gasteiger partial charge < -0.3 is 0 Å². The maximum Gasteiger partial charge on any atom is 0.238 e. The second kappa shape index (κ2) is 14.3. The Morgan fingerprint density at radius 3 is 0.686 bits per heavy atom. The summed E-state index contributed by atoms with van der Waals surface area (Å²) in [5.41, 5.74) is 13.1. The molecule has 0 saturated carbocycles. The van der Waals surface area contributed by atoms with Gasteiger partial charge in [0.05, 0.1) is 0 Å². The fourth-order valence-electron chi connectivity index (χ4n) is 6.11. The van der Waals surface area contributed by atoms with Gasteiger partial charge in [0.15, 0.2) is 0 Å². The van der Waals surface area contributed by atoms with E-state index in [1.807, 2.05) is 0 Å². The highest BCUT2D eigenvalue weighted by molar-refractivity contribution is 5.83. The summed E-state index contributed by atoms with van der Waals surface area (Å²) in [7, 11) is 0. The van der Waals surface area contributed by atoms with Crippen LogP contribution in [0, 0.1) is 41.5 Å². The van der Waals surface area contributed by atoms with E-state index in [4.69, 9.17) is 9.97 Å². The third kappa shape index (κ3) is 7.38. The van der Waals surface area contributed by atoms with Crippen molar-refractivity contribution >= 4 is 51.7 Å². The van der Waals surface area contributed by atoms with E-state index in [1.54, 1.807) is 0 Å². The summed E-state index contributed by atoms with van der Waals surface area (Å²) in [5, 5.41) is 0. The molecule has 0 aliphatic carbocycles. The molecule has 0 N–H and O–H groups in total. The van der Waals surface area contributed by atoms with Crippen LogP contribution in [0.25, 0.3) is 0 Å². The lowest BCUT2D eigenvalue weighted by atomic mass is 10.1. The number of anilines is 9. The van der Waals surface area contributed by atoms with Gasteiger partial charge in [-0.05, 0) is 114 Å². The molecule has 0 atom stereocenters. The first-order valence-corrected chi connectivity index (χ1v) is 17.4. The molecule has 0 aliphatic heterocycles. The van der Waals surface area contributed by atoms with E-state index >= 15 is 0 Å². The fraction of sp³-hybridized carbons (Fsp3) is 0.130. The number of rotatable bonds is 9. The van der Waals surface area contributed by atoms with Crippen LogP contribution in [0.4, 0.5) is 51.7 Å². The number of aryl methyl sites for hydroxylation is 6. The first-order valence-electron chi connectivity index (χ1n) is 17.4. The van der Waals surface area contributed by atoms with E-state index < -0.39 is 0 Å². The molecule has 252 valence electrons. The Balaban J connectivity index is 1.54. The molecule has 1 heterocycles. The quantitative estimate of drug-likeness (QED) is 0.153. The monoisotopic (exact) mass is 665 g/mol. The van der Waals surface area contributed by atoms with Crippen molar-refractivity contribution in [1.82, 2.24) is 9.97 Å². The van der Waals surface area contributed by atoms with Crippen LogP contribution in [-0.2, 0) is 0 Å². The van der Waals surface area contributed by atoms with Gasteiger partial charge in [0.1, 0.15) is 11.6 Å². The van der Waals surface area contributed by atoms with Crippen LogP contribution >= 0.6 is 0 Å². The Labute approximate surface area is 302 Å². The van der Waals surface area contributed by atoms with Crippen molar-refractivity contribution in [2.24, 2.45) is 0 Å². The van der Waals surface area contributed by atoms with Gasteiger partial charge in [-0.15, -0.1) is 0 Å². The highest BCUT2D eigenvalue weighted by atomic mass is 15.3. The Kier molecular flexibility index (Phi) is 9.36. The molecule has 0 aliphatic rings. The molecule has 0 unspecified atom stereocenters. The Bertz CT molecular complexity index is 1820. The van der Waals surface area contributed by atoms with Crippen LogP contribution < -0.4 is 14.7 Å². The Morgan fingerprint density at radius 1 is 0.275 bits per heavy atom. The molecule has 1 aromatic heterocycles. The van der Waals surface area contributed by atoms with Gasteiger partial charge in [-0.2, -0.15) is 9.97 Å². The average Bonchev–Trinajstić information content (AvgIpc) is 3.13. The molecular formula is C46H43N5. The predicted octanol–water partition coefficient (Wildman–Crippen LogP) is 12.7. The fourth-order valence-corrected chi connectivity index (χ4v) is 6.11. The smallest absolute Gasteiger partial charge is 0.238 e. The lowest BCUT2D eigenvalue weighted by Crippen LogP contribution is -2.20. The van der Waals surface area contributed by atoms with Crippen LogP contribution in [0.2, 0.25) is 0 Å². The Morgan fingerprint density at radius 2 is 0.471 bits per heavy atom. The largest absolute Gasteiger partial charge is 0.295 e. The molecule has 7 aromatic rings. The van der Waals surface area contributed by atoms with Crippen LogP contribution in [0.15, 0.2) is 152 Å². The highest BCUT2D eigenvalue weighted by Gasteiger charge is 2.24. The first-order chi connectivity index (χ1) is 24.7. The summed E-state index contributed by atoms with van der Waals surface area (Å²) in [4.78, 5) is 17.5. The van der Waals surface area contributed by atoms with Crippen molar-refractivity contribution in [2.75, 3.05) is 14.7 Å². The SMILES string of the molecule is Cc1ccc(N(c2ccc(C)cc2)c2cc(N(c3ccc(C)cc3)c3ccc(C)cc3)nc(N(c3ccc(C)cc3)c3ccc(C)cc3)n2)cc1. The highest BCUT2D eigenvalue weighted by Crippen LogP contribution is 2.42. The van der Waals surface area contributed by atoms with Gasteiger partial charge in [-0.1, -0.05) is 106 Å². The van der Waals surface area contributed by atoms with E-state index in [2.05, 4.69) is 208 Å². The van der Waals surface area contributed by atoms with Gasteiger partial charge in [-0.25, -0.2) is 0 Å². The third-order valence-corrected chi connectivity index (χ3v) is 9.10. The minimum absolute atomic E-state index is 0.559. The van der Waals surface area contributed by atoms with Gasteiger partial charge >= 0.3 is 0 Å². The number of nitrogens with zero attached hydrogens (tertiary/aromatic N) is 5. The van der Waals surface area contributed by atoms with Gasteiger partial charge in [0.2, 0.25) is 5.95 Å². The normalized spacial score (nSPS) is 10.9. The summed E-state index contributed by atoms with van der Waals surface area (Å²) < 4.78 is 0. The Hall–Kier alpha value is -6.20. The summed E-state index contributed by atoms with van der Waals surface area (Å²) in [5.74, 6) is 2.05. The lowest BCUT2D eigenvalue weighted by Gasteiger charge is -2.31. The number of benzene rings is 6. The zero-order valence-electron chi connectivity index (χ0n) is 30.2. The van der Waals surface area contributed by atoms with Gasteiger partial charge in [-0.3, -0.25) is 14.7 Å². The van der Waals surface area contributed by atoms with Crippen molar-refractivity contribution in [2.45, 2.75) is 41.5 Å². The standard InChI is InChI=1S/C46H43N5/c1-32-7-19-38(20-8-32)49(39-21-9-33(2)10-22-39)44-31-45(50(40-23-11-34(3)12-24-40)41-25-13-35(4)14-26-41)48-46(47-44)51(42-27-15-36(5)16-28-42)43-29-17-37(6)18-30-43/h7-31H,1-6H3. The van der Waals surface area contributed by atoms with Gasteiger partial charge in [0.25, 0.3) is 0 Å². The van der Waals surface area contributed by atoms with Crippen LogP contribution in [-0.4, -0.2) is 9.97 Å². The number of hydrogen-bond donors (Lipinski definition) is 0. The van der Waals surface area contributed by atoms with Crippen molar-refractivity contribution in [1.29, 1.82) is 0 Å². The number of hydrogen-bond acceptors (Lipinski definition) is 5. The summed E-state index contributed by atoms with van der Waals surface area (Å²) >= 11 is 0. The molecule has 6 aromatic carbocycles. The molecule has 0 amide bonds. The van der Waals surface area contributed by atoms with E-state index in [1.165, 1.54) is 33.4 Å². The van der Waals surface area contributed by atoms with E-state index in [0.717, 1.165) is 45.8 Å². The lowest BCUT2D eigenvalue weighted by molar-refractivity contribution is 1.04. The third-order valence-electron chi connectivity index (χ3n) is 9.10. The molecule has 5 nitrogen and oxygen atoms in total. The summed E-state index contributed by atoms with van der Waals surface area (Å²) in [6, 6.07) is 53.7. The molecule has 0 spiro atoms. The van der Waals surface area contributed by atoms with Gasteiger partial charge in [0, 0.05) is 40.2 Å². The minimum atomic E-state index is 0.559. The maximum atomic E-state index is 5.44. The minimum Gasteiger partial charge on any atom is -0.295 e. The van der Waals surface area contributed by atoms with E-state index in [0.29, 0.717) is 5.95 Å². The van der Waals surface area contributed by atoms with Crippen LogP contribution in [0.3, 0.4) is 0 Å². The van der Waals surface area contributed by atoms with Crippen molar-refractivity contribution in [3.63, 3.8) is 0 Å². The second-order valence-corrected chi connectivity index (χ2v) is 13.4. The molecule has 0 saturated heterocycles. The molecule has 7 rings (SSSR count). The number of aromatic nitrogens is 2. The van der Waals surface area contributed by atoms with Crippen molar-refractivity contribution < 1.29 is 0 Å². The molecule has 0 fully saturated rings. The molecule has 0 bridgehead atoms. The topological polar surface area (TPSA) is 35.5 Å². The van der Waals surface area contributed by atoms with Crippen LogP contribution in [0.5, 0.6) is 0 Å². The zero-order valence-corrected chi connectivity index (χ0v) is 30.2. The van der Waals surface area contributed by atoms with Crippen molar-refractivity contribution in [3.8, 4) is 0 Å². The zero-order chi connectivity index (χ0) is 35.5. The molecule has 0 radical (unpaired) electrons. The molecular weight excluding hydrogens is 623 g/mol. The first kappa shape index (κ1) is 33.3. The summed E-state index contributed by atoms with van der Waals surface area (Å²) in [6.45, 7) is 12.7. The van der Waals surface area contributed by atoms with Crippen molar-refractivity contribution in [3.05, 3.63) is 185 Å². The second-order valence-electron chi connectivity index (χ2n) is 13.4. The van der Waals surface area contributed by atoms with E-state index in [-0.39, 0.29) is 0 Å². The average molecular weight is 666 g/mol. The maximum absolute atomic E-state index is 5.44. The van der Waals surface area contributed by atoms with E-state index in [9.17, 15) is 0 Å². The van der Waals surface area contributed by atoms with Crippen LogP contribution in [0.1, 0.15) is 33.4 Å². The predicted molar refractivity (Wildman–Crippen MR) is 215 cm³/mol. The molecule has 5 heteroatoms. The molecule has 51 heavy (non-hydrogen) atoms.